The van der Waals surface area contributed by atoms with E-state index in [0.717, 1.165) is 32.1 Å². The molecule has 0 bridgehead atoms. The molecule has 3 nitrogen and oxygen atoms in total. The topological polar surface area (TPSA) is 49.3 Å². The van der Waals surface area contributed by atoms with E-state index in [-0.39, 0.29) is 6.04 Å². The molecule has 3 heteroatoms. The van der Waals surface area contributed by atoms with Gasteiger partial charge in [-0.2, -0.15) is 0 Å². The SMILES string of the molecule is CCCCC(NC1Cc2ccccc2C1)C(=O)O. The van der Waals surface area contributed by atoms with Crippen molar-refractivity contribution in [3.8, 4) is 0 Å². The quantitative estimate of drug-likeness (QED) is 0.811. The second kappa shape index (κ2) is 6.01. The first-order valence-corrected chi connectivity index (χ1v) is 6.76. The van der Waals surface area contributed by atoms with Gasteiger partial charge in [-0.15, -0.1) is 0 Å². The van der Waals surface area contributed by atoms with Gasteiger partial charge < -0.3 is 10.4 Å². The monoisotopic (exact) mass is 247 g/mol. The van der Waals surface area contributed by atoms with Crippen LogP contribution in [0, 0.1) is 0 Å². The molecular weight excluding hydrogens is 226 g/mol. The average Bonchev–Trinajstić information content (AvgIpc) is 2.76. The molecule has 2 N–H and O–H groups in total. The summed E-state index contributed by atoms with van der Waals surface area (Å²) in [6.07, 6.45) is 4.62. The van der Waals surface area contributed by atoms with Crippen LogP contribution >= 0.6 is 0 Å². The minimum atomic E-state index is -0.723. The van der Waals surface area contributed by atoms with E-state index in [1.165, 1.54) is 11.1 Å². The van der Waals surface area contributed by atoms with E-state index in [1.54, 1.807) is 0 Å². The van der Waals surface area contributed by atoms with Gasteiger partial charge in [-0.05, 0) is 30.4 Å². The molecule has 18 heavy (non-hydrogen) atoms. The molecule has 1 aromatic carbocycles. The molecule has 0 saturated carbocycles. The van der Waals surface area contributed by atoms with E-state index in [0.29, 0.717) is 0 Å². The van der Waals surface area contributed by atoms with E-state index >= 15 is 0 Å². The standard InChI is InChI=1S/C15H21NO2/c1-2-3-8-14(15(17)18)16-13-9-11-6-4-5-7-12(11)10-13/h4-7,13-14,16H,2-3,8-10H2,1H3,(H,17,18). The maximum Gasteiger partial charge on any atom is 0.320 e. The summed E-state index contributed by atoms with van der Waals surface area (Å²) >= 11 is 0. The van der Waals surface area contributed by atoms with Gasteiger partial charge in [0, 0.05) is 6.04 Å². The van der Waals surface area contributed by atoms with Crippen LogP contribution in [0.15, 0.2) is 24.3 Å². The minimum absolute atomic E-state index is 0.278. The Morgan fingerprint density at radius 2 is 2.00 bits per heavy atom. The number of nitrogens with one attached hydrogen (secondary N) is 1. The molecule has 98 valence electrons. The van der Waals surface area contributed by atoms with E-state index in [9.17, 15) is 9.90 Å². The fraction of sp³-hybridized carbons (Fsp3) is 0.533. The molecule has 0 fully saturated rings. The van der Waals surface area contributed by atoms with Gasteiger partial charge in [-0.3, -0.25) is 4.79 Å². The third-order valence-electron chi connectivity index (χ3n) is 3.63. The van der Waals surface area contributed by atoms with Crippen molar-refractivity contribution in [1.82, 2.24) is 5.32 Å². The number of carboxylic acid groups (broad SMARTS) is 1. The summed E-state index contributed by atoms with van der Waals surface area (Å²) in [5, 5.41) is 12.5. The van der Waals surface area contributed by atoms with Gasteiger partial charge in [-0.25, -0.2) is 0 Å². The van der Waals surface area contributed by atoms with Crippen LogP contribution in [-0.4, -0.2) is 23.2 Å². The molecule has 0 saturated heterocycles. The Labute approximate surface area is 108 Å². The van der Waals surface area contributed by atoms with Crippen molar-refractivity contribution in [2.45, 2.75) is 51.1 Å². The molecule has 0 radical (unpaired) electrons. The predicted molar refractivity (Wildman–Crippen MR) is 71.7 cm³/mol. The molecular formula is C15H21NO2. The summed E-state index contributed by atoms with van der Waals surface area (Å²) in [6, 6.07) is 8.25. The molecule has 0 aliphatic heterocycles. The Morgan fingerprint density at radius 3 is 2.50 bits per heavy atom. The third-order valence-corrected chi connectivity index (χ3v) is 3.63. The first-order chi connectivity index (χ1) is 8.70. The van der Waals surface area contributed by atoms with Gasteiger partial charge in [0.2, 0.25) is 0 Å². The van der Waals surface area contributed by atoms with Crippen LogP contribution in [0.4, 0.5) is 0 Å². The van der Waals surface area contributed by atoms with Gasteiger partial charge in [0.15, 0.2) is 0 Å². The first kappa shape index (κ1) is 13.1. The number of benzene rings is 1. The van der Waals surface area contributed by atoms with Crippen molar-refractivity contribution in [2.24, 2.45) is 0 Å². The molecule has 0 aromatic heterocycles. The van der Waals surface area contributed by atoms with Gasteiger partial charge in [0.25, 0.3) is 0 Å². The van der Waals surface area contributed by atoms with Crippen LogP contribution in [0.3, 0.4) is 0 Å². The molecule has 1 atom stereocenters. The van der Waals surface area contributed by atoms with E-state index in [2.05, 4.69) is 24.4 Å². The Kier molecular flexibility index (Phi) is 4.37. The molecule has 1 aliphatic rings. The maximum atomic E-state index is 11.2. The number of hydrogen-bond acceptors (Lipinski definition) is 2. The number of hydrogen-bond donors (Lipinski definition) is 2. The van der Waals surface area contributed by atoms with Crippen LogP contribution in [-0.2, 0) is 17.6 Å². The molecule has 1 aliphatic carbocycles. The van der Waals surface area contributed by atoms with Crippen molar-refractivity contribution >= 4 is 5.97 Å². The number of carbonyl (C=O) groups is 1. The first-order valence-electron chi connectivity index (χ1n) is 6.76. The zero-order valence-corrected chi connectivity index (χ0v) is 10.9. The number of fused-ring (bicyclic) bond motifs is 1. The molecule has 0 heterocycles. The Bertz CT molecular complexity index is 392. The zero-order valence-electron chi connectivity index (χ0n) is 10.9. The Morgan fingerprint density at radius 1 is 1.39 bits per heavy atom. The Balaban J connectivity index is 1.92. The third kappa shape index (κ3) is 3.10. The van der Waals surface area contributed by atoms with E-state index < -0.39 is 12.0 Å². The molecule has 1 unspecified atom stereocenters. The second-order valence-corrected chi connectivity index (χ2v) is 5.07. The zero-order chi connectivity index (χ0) is 13.0. The molecule has 0 spiro atoms. The lowest BCUT2D eigenvalue weighted by atomic mass is 10.1. The largest absolute Gasteiger partial charge is 0.480 e. The summed E-state index contributed by atoms with van der Waals surface area (Å²) in [6.45, 7) is 2.09. The molecule has 2 rings (SSSR count). The molecule has 1 aromatic rings. The number of aliphatic carboxylic acids is 1. The highest BCUT2D eigenvalue weighted by Crippen LogP contribution is 2.22. The summed E-state index contributed by atoms with van der Waals surface area (Å²) < 4.78 is 0. The summed E-state index contributed by atoms with van der Waals surface area (Å²) in [5.41, 5.74) is 2.71. The summed E-state index contributed by atoms with van der Waals surface area (Å²) in [4.78, 5) is 11.2. The second-order valence-electron chi connectivity index (χ2n) is 5.07. The van der Waals surface area contributed by atoms with Crippen molar-refractivity contribution in [1.29, 1.82) is 0 Å². The highest BCUT2D eigenvalue weighted by molar-refractivity contribution is 5.73. The van der Waals surface area contributed by atoms with Crippen LogP contribution in [0.1, 0.15) is 37.3 Å². The van der Waals surface area contributed by atoms with Crippen molar-refractivity contribution in [3.63, 3.8) is 0 Å². The van der Waals surface area contributed by atoms with Crippen LogP contribution < -0.4 is 5.32 Å². The van der Waals surface area contributed by atoms with Gasteiger partial charge in [0.1, 0.15) is 6.04 Å². The summed E-state index contributed by atoms with van der Waals surface area (Å²) in [5.74, 6) is -0.723. The lowest BCUT2D eigenvalue weighted by Crippen LogP contribution is -2.43. The van der Waals surface area contributed by atoms with Crippen molar-refractivity contribution < 1.29 is 9.90 Å². The van der Waals surface area contributed by atoms with Crippen LogP contribution in [0.2, 0.25) is 0 Å². The predicted octanol–water partition coefficient (Wildman–Crippen LogP) is 2.39. The highest BCUT2D eigenvalue weighted by atomic mass is 16.4. The smallest absolute Gasteiger partial charge is 0.320 e. The van der Waals surface area contributed by atoms with Crippen molar-refractivity contribution in [2.75, 3.05) is 0 Å². The Hall–Kier alpha value is -1.35. The summed E-state index contributed by atoms with van der Waals surface area (Å²) in [7, 11) is 0. The van der Waals surface area contributed by atoms with E-state index in [4.69, 9.17) is 0 Å². The van der Waals surface area contributed by atoms with Gasteiger partial charge in [0.05, 0.1) is 0 Å². The average molecular weight is 247 g/mol. The number of rotatable bonds is 6. The lowest BCUT2D eigenvalue weighted by molar-refractivity contribution is -0.139. The maximum absolute atomic E-state index is 11.2. The normalized spacial score (nSPS) is 16.5. The fourth-order valence-corrected chi connectivity index (χ4v) is 2.65. The lowest BCUT2D eigenvalue weighted by Gasteiger charge is -2.19. The van der Waals surface area contributed by atoms with Crippen LogP contribution in [0.5, 0.6) is 0 Å². The van der Waals surface area contributed by atoms with Crippen molar-refractivity contribution in [3.05, 3.63) is 35.4 Å². The minimum Gasteiger partial charge on any atom is -0.480 e. The molecule has 0 amide bonds. The highest BCUT2D eigenvalue weighted by Gasteiger charge is 2.26. The van der Waals surface area contributed by atoms with Gasteiger partial charge in [-0.1, -0.05) is 44.0 Å². The van der Waals surface area contributed by atoms with Crippen LogP contribution in [0.25, 0.3) is 0 Å². The number of carboxylic acids is 1. The number of unbranched alkanes of at least 4 members (excludes halogenated alkanes) is 1. The van der Waals surface area contributed by atoms with E-state index in [1.807, 2.05) is 12.1 Å². The fourth-order valence-electron chi connectivity index (χ4n) is 2.65. The van der Waals surface area contributed by atoms with Gasteiger partial charge >= 0.3 is 5.97 Å².